The molecule has 1 amide bonds. The van der Waals surface area contributed by atoms with Crippen molar-refractivity contribution >= 4 is 23.7 Å². The number of likely N-dealkylation sites (tertiary alicyclic amines) is 1. The number of pyridine rings is 2. The molecule has 5 rings (SSSR count). The van der Waals surface area contributed by atoms with Gasteiger partial charge in [-0.2, -0.15) is 0 Å². The Bertz CT molecular complexity index is 1220. The second-order valence-corrected chi connectivity index (χ2v) is 7.59. The zero-order valence-corrected chi connectivity index (χ0v) is 18.5. The molecule has 1 aliphatic heterocycles. The Morgan fingerprint density at radius 3 is 2.47 bits per heavy atom. The highest BCUT2D eigenvalue weighted by molar-refractivity contribution is 5.85. The Labute approximate surface area is 194 Å². The Morgan fingerprint density at radius 2 is 1.85 bits per heavy atom. The summed E-state index contributed by atoms with van der Waals surface area (Å²) in [5.41, 5.74) is 7.18. The Balaban J connectivity index is 0.000000226. The Morgan fingerprint density at radius 1 is 1.12 bits per heavy atom. The minimum atomic E-state index is -2.38. The van der Waals surface area contributed by atoms with Crippen LogP contribution >= 0.6 is 0 Å². The summed E-state index contributed by atoms with van der Waals surface area (Å²) in [4.78, 5) is 29.9. The molecule has 34 heavy (non-hydrogen) atoms. The van der Waals surface area contributed by atoms with Gasteiger partial charge in [0, 0.05) is 67.1 Å². The van der Waals surface area contributed by atoms with Crippen molar-refractivity contribution < 1.29 is 22.9 Å². The number of hydrogen-bond donors (Lipinski definition) is 1. The van der Waals surface area contributed by atoms with E-state index in [1.165, 1.54) is 0 Å². The van der Waals surface area contributed by atoms with Crippen LogP contribution in [0.1, 0.15) is 23.2 Å². The lowest BCUT2D eigenvalue weighted by atomic mass is 10.1. The number of aromatic nitrogens is 4. The minimum absolute atomic E-state index is 0.0312. The molecule has 0 saturated carbocycles. The summed E-state index contributed by atoms with van der Waals surface area (Å²) in [5.74, 6) is -1.73. The molecule has 1 fully saturated rings. The van der Waals surface area contributed by atoms with Crippen LogP contribution in [0.25, 0.3) is 28.0 Å². The molecular weight excluding hydrogens is 446 g/mol. The maximum atomic E-state index is 12.4. The highest BCUT2D eigenvalue weighted by Crippen LogP contribution is 2.26. The molecule has 9 nitrogen and oxygen atoms in total. The predicted octanol–water partition coefficient (Wildman–Crippen LogP) is 3.34. The van der Waals surface area contributed by atoms with Gasteiger partial charge in [-0.15, -0.1) is 0 Å². The van der Waals surface area contributed by atoms with E-state index in [-0.39, 0.29) is 19.3 Å². The standard InChI is InChI=1S/C16H10N4O2.C6H11F2N.CH3NO/c21-10-11-5-12-2-4-20(16(12)18-7-11)14-6-13(8-17-9-14)15-1-3-19-22-15;1-9-4-2-6(7,8)3-5-9;2-1-3/h1-10H;2-5H2,1H3;1H,(H2,2,3). The SMILES string of the molecule is CN1CCC(F)(F)CC1.NC=O.O=Cc1cnc2c(ccn2-c2cncc(-c3ccno3)c2)c1. The third-order valence-corrected chi connectivity index (χ3v) is 5.13. The lowest BCUT2D eigenvalue weighted by Crippen LogP contribution is -2.36. The fourth-order valence-corrected chi connectivity index (χ4v) is 3.32. The summed E-state index contributed by atoms with van der Waals surface area (Å²) in [6, 6.07) is 7.45. The maximum Gasteiger partial charge on any atom is 0.250 e. The van der Waals surface area contributed by atoms with E-state index >= 15 is 0 Å². The van der Waals surface area contributed by atoms with Crippen LogP contribution in [-0.2, 0) is 4.79 Å². The first-order chi connectivity index (χ1) is 16.4. The first-order valence-corrected chi connectivity index (χ1v) is 10.4. The second-order valence-electron chi connectivity index (χ2n) is 7.59. The zero-order valence-electron chi connectivity index (χ0n) is 18.5. The first kappa shape index (κ1) is 24.6. The van der Waals surface area contributed by atoms with Crippen LogP contribution in [0.15, 0.2) is 59.8 Å². The summed E-state index contributed by atoms with van der Waals surface area (Å²) in [5, 5.41) is 4.60. The topological polar surface area (TPSA) is 120 Å². The fourth-order valence-electron chi connectivity index (χ4n) is 3.32. The number of fused-ring (bicyclic) bond motifs is 1. The largest absolute Gasteiger partial charge is 0.372 e. The number of halogens is 2. The molecule has 4 aromatic rings. The third-order valence-electron chi connectivity index (χ3n) is 5.13. The van der Waals surface area contributed by atoms with Crippen LogP contribution in [-0.4, -0.2) is 63.3 Å². The predicted molar refractivity (Wildman–Crippen MR) is 122 cm³/mol. The number of primary amides is 1. The molecule has 0 aromatic carbocycles. The molecule has 1 saturated heterocycles. The second kappa shape index (κ2) is 11.2. The number of carbonyl (C=O) groups excluding carboxylic acids is 2. The number of hydrogen-bond acceptors (Lipinski definition) is 7. The van der Waals surface area contributed by atoms with Gasteiger partial charge in [0.15, 0.2) is 12.0 Å². The number of amides is 1. The van der Waals surface area contributed by atoms with E-state index in [0.29, 0.717) is 24.4 Å². The van der Waals surface area contributed by atoms with Crippen LogP contribution in [0.3, 0.4) is 0 Å². The van der Waals surface area contributed by atoms with Gasteiger partial charge in [0.05, 0.1) is 18.1 Å². The quantitative estimate of drug-likeness (QED) is 0.456. The van der Waals surface area contributed by atoms with E-state index in [4.69, 9.17) is 9.32 Å². The van der Waals surface area contributed by atoms with Crippen molar-refractivity contribution in [2.75, 3.05) is 20.1 Å². The summed E-state index contributed by atoms with van der Waals surface area (Å²) in [7, 11) is 1.87. The lowest BCUT2D eigenvalue weighted by molar-refractivity contribution is -0.106. The van der Waals surface area contributed by atoms with E-state index < -0.39 is 5.92 Å². The fraction of sp³-hybridized carbons (Fsp3) is 0.261. The molecular formula is C23H24F2N6O3. The Hall–Kier alpha value is -3.99. The van der Waals surface area contributed by atoms with Gasteiger partial charge in [-0.3, -0.25) is 19.1 Å². The van der Waals surface area contributed by atoms with Crippen LogP contribution < -0.4 is 5.73 Å². The van der Waals surface area contributed by atoms with Gasteiger partial charge in [0.25, 0.3) is 5.92 Å². The van der Waals surface area contributed by atoms with Gasteiger partial charge in [0.1, 0.15) is 5.65 Å². The van der Waals surface area contributed by atoms with Gasteiger partial charge in [-0.05, 0) is 25.2 Å². The van der Waals surface area contributed by atoms with E-state index in [1.54, 1.807) is 36.9 Å². The van der Waals surface area contributed by atoms with Crippen molar-refractivity contribution in [2.24, 2.45) is 5.73 Å². The average Bonchev–Trinajstić information content (AvgIpc) is 3.52. The minimum Gasteiger partial charge on any atom is -0.372 e. The smallest absolute Gasteiger partial charge is 0.250 e. The number of nitrogens with two attached hydrogens (primary N) is 1. The molecule has 2 N–H and O–H groups in total. The normalized spacial score (nSPS) is 14.9. The first-order valence-electron chi connectivity index (χ1n) is 10.4. The van der Waals surface area contributed by atoms with E-state index in [0.717, 1.165) is 28.6 Å². The van der Waals surface area contributed by atoms with E-state index in [1.807, 2.05) is 34.8 Å². The number of nitrogens with zero attached hydrogens (tertiary/aromatic N) is 5. The van der Waals surface area contributed by atoms with E-state index in [2.05, 4.69) is 20.9 Å². The molecule has 0 aliphatic carbocycles. The van der Waals surface area contributed by atoms with Gasteiger partial charge >= 0.3 is 0 Å². The number of carbonyl (C=O) groups is 2. The summed E-state index contributed by atoms with van der Waals surface area (Å²) in [6.07, 6.45) is 9.60. The number of rotatable bonds is 3. The van der Waals surface area contributed by atoms with Crippen LogP contribution in [0.4, 0.5) is 8.78 Å². The molecule has 0 radical (unpaired) electrons. The molecule has 178 valence electrons. The molecule has 4 aromatic heterocycles. The molecule has 1 aliphatic rings. The van der Waals surface area contributed by atoms with Crippen molar-refractivity contribution in [3.63, 3.8) is 0 Å². The van der Waals surface area contributed by atoms with Crippen LogP contribution in [0.5, 0.6) is 0 Å². The van der Waals surface area contributed by atoms with Crippen molar-refractivity contribution in [2.45, 2.75) is 18.8 Å². The molecule has 5 heterocycles. The maximum absolute atomic E-state index is 12.4. The van der Waals surface area contributed by atoms with E-state index in [9.17, 15) is 13.6 Å². The van der Waals surface area contributed by atoms with Crippen LogP contribution in [0, 0.1) is 0 Å². The Kier molecular flexibility index (Phi) is 8.14. The molecule has 0 unspecified atom stereocenters. The average molecular weight is 470 g/mol. The number of alkyl halides is 2. The highest BCUT2D eigenvalue weighted by atomic mass is 19.3. The summed E-state index contributed by atoms with van der Waals surface area (Å²) >= 11 is 0. The van der Waals surface area contributed by atoms with Gasteiger partial charge < -0.3 is 15.2 Å². The van der Waals surface area contributed by atoms with Gasteiger partial charge in [-0.25, -0.2) is 13.8 Å². The summed E-state index contributed by atoms with van der Waals surface area (Å²) < 4.78 is 31.8. The monoisotopic (exact) mass is 470 g/mol. The molecule has 0 bridgehead atoms. The lowest BCUT2D eigenvalue weighted by Gasteiger charge is -2.28. The van der Waals surface area contributed by atoms with Crippen molar-refractivity contribution in [3.8, 4) is 17.0 Å². The molecule has 11 heteroatoms. The van der Waals surface area contributed by atoms with Gasteiger partial charge in [-0.1, -0.05) is 5.16 Å². The zero-order chi connectivity index (χ0) is 24.6. The molecule has 0 atom stereocenters. The van der Waals surface area contributed by atoms with Gasteiger partial charge in [0.2, 0.25) is 6.41 Å². The highest BCUT2D eigenvalue weighted by Gasteiger charge is 2.32. The van der Waals surface area contributed by atoms with Crippen molar-refractivity contribution in [1.82, 2.24) is 24.6 Å². The number of piperidine rings is 1. The summed E-state index contributed by atoms with van der Waals surface area (Å²) in [6.45, 7) is 1.07. The molecule has 0 spiro atoms. The number of aldehydes is 1. The van der Waals surface area contributed by atoms with Crippen molar-refractivity contribution in [3.05, 3.63) is 60.8 Å². The third kappa shape index (κ3) is 6.29. The van der Waals surface area contributed by atoms with Crippen molar-refractivity contribution in [1.29, 1.82) is 0 Å². The van der Waals surface area contributed by atoms with Crippen LogP contribution in [0.2, 0.25) is 0 Å².